The van der Waals surface area contributed by atoms with E-state index in [2.05, 4.69) is 0 Å². The Morgan fingerprint density at radius 1 is 1.39 bits per heavy atom. The number of rotatable bonds is 2. The number of hydrogen-bond acceptors (Lipinski definition) is 2. The van der Waals surface area contributed by atoms with Gasteiger partial charge in [-0.3, -0.25) is 4.79 Å². The molecule has 2 aliphatic rings. The Bertz CT molecular complexity index is 504. The maximum absolute atomic E-state index is 13.2. The molecule has 0 aromatic heterocycles. The summed E-state index contributed by atoms with van der Waals surface area (Å²) in [6.07, 6.45) is 2.42. The molecule has 3 nitrogen and oxygen atoms in total. The maximum Gasteiger partial charge on any atom is 0.225 e. The number of benzene rings is 1. The summed E-state index contributed by atoms with van der Waals surface area (Å²) in [6.45, 7) is 0. The minimum absolute atomic E-state index is 0.0785. The fourth-order valence-electron chi connectivity index (χ4n) is 2.67. The van der Waals surface area contributed by atoms with Gasteiger partial charge in [0.05, 0.1) is 11.1 Å². The molecule has 2 fully saturated rings. The Morgan fingerprint density at radius 2 is 2.11 bits per heavy atom. The topological polar surface area (TPSA) is 46.3 Å². The van der Waals surface area contributed by atoms with E-state index in [-0.39, 0.29) is 23.0 Å². The van der Waals surface area contributed by atoms with Crippen LogP contribution >= 0.6 is 11.6 Å². The molecule has 0 radical (unpaired) electrons. The average molecular weight is 269 g/mol. The quantitative estimate of drug-likeness (QED) is 0.894. The summed E-state index contributed by atoms with van der Waals surface area (Å²) >= 11 is 5.80. The van der Waals surface area contributed by atoms with Crippen molar-refractivity contribution in [1.29, 1.82) is 0 Å². The second-order valence-electron chi connectivity index (χ2n) is 5.02. The van der Waals surface area contributed by atoms with Gasteiger partial charge in [0.15, 0.2) is 0 Å². The molecule has 0 spiro atoms. The molecule has 1 amide bonds. The Balaban J connectivity index is 1.97. The van der Waals surface area contributed by atoms with Crippen molar-refractivity contribution in [3.05, 3.63) is 34.6 Å². The zero-order chi connectivity index (χ0) is 12.9. The van der Waals surface area contributed by atoms with Crippen LogP contribution in [0.5, 0.6) is 0 Å². The summed E-state index contributed by atoms with van der Waals surface area (Å²) in [7, 11) is 0. The second kappa shape index (κ2) is 4.21. The highest BCUT2D eigenvalue weighted by atomic mass is 35.5. The van der Waals surface area contributed by atoms with Gasteiger partial charge in [-0.1, -0.05) is 17.7 Å². The number of halogens is 2. The predicted octanol–water partition coefficient (Wildman–Crippen LogP) is 2.24. The summed E-state index contributed by atoms with van der Waals surface area (Å²) in [5, 5.41) is 0.0785. The first-order chi connectivity index (χ1) is 8.58. The van der Waals surface area contributed by atoms with Gasteiger partial charge in [-0.15, -0.1) is 0 Å². The summed E-state index contributed by atoms with van der Waals surface area (Å²) in [6, 6.07) is 4.48. The first-order valence-electron chi connectivity index (χ1n) is 6.09. The first kappa shape index (κ1) is 11.9. The van der Waals surface area contributed by atoms with Crippen LogP contribution in [0.3, 0.4) is 0 Å². The molecule has 96 valence electrons. The molecule has 5 heteroatoms. The van der Waals surface area contributed by atoms with E-state index in [9.17, 15) is 9.18 Å². The molecule has 1 aromatic rings. The van der Waals surface area contributed by atoms with Gasteiger partial charge in [0.1, 0.15) is 5.82 Å². The van der Waals surface area contributed by atoms with Gasteiger partial charge in [-0.05, 0) is 30.5 Å². The zero-order valence-electron chi connectivity index (χ0n) is 9.77. The molecule has 1 aromatic carbocycles. The molecule has 1 aliphatic heterocycles. The molecule has 1 heterocycles. The van der Waals surface area contributed by atoms with Gasteiger partial charge in [-0.25, -0.2) is 4.39 Å². The summed E-state index contributed by atoms with van der Waals surface area (Å²) < 4.78 is 13.2. The smallest absolute Gasteiger partial charge is 0.225 e. The number of nitrogens with zero attached hydrogens (tertiary/aromatic N) is 1. The molecule has 2 atom stereocenters. The van der Waals surface area contributed by atoms with E-state index in [1.807, 2.05) is 4.90 Å². The molecule has 0 bridgehead atoms. The zero-order valence-corrected chi connectivity index (χ0v) is 10.5. The van der Waals surface area contributed by atoms with Gasteiger partial charge >= 0.3 is 0 Å². The molecular formula is C13H14ClFN2O. The van der Waals surface area contributed by atoms with E-state index < -0.39 is 5.82 Å². The normalized spacial score (nSPS) is 27.9. The fraction of sp³-hybridized carbons (Fsp3) is 0.462. The lowest BCUT2D eigenvalue weighted by Gasteiger charge is -2.27. The highest BCUT2D eigenvalue weighted by Crippen LogP contribution is 2.41. The lowest BCUT2D eigenvalue weighted by molar-refractivity contribution is -0.129. The molecule has 2 N–H and O–H groups in total. The predicted molar refractivity (Wildman–Crippen MR) is 66.6 cm³/mol. The van der Waals surface area contributed by atoms with E-state index in [0.717, 1.165) is 18.4 Å². The van der Waals surface area contributed by atoms with Gasteiger partial charge in [0.25, 0.3) is 0 Å². The van der Waals surface area contributed by atoms with Crippen LogP contribution in [0.1, 0.15) is 30.9 Å². The van der Waals surface area contributed by atoms with E-state index >= 15 is 0 Å². The first-order valence-corrected chi connectivity index (χ1v) is 6.47. The minimum atomic E-state index is -0.448. The van der Waals surface area contributed by atoms with Crippen LogP contribution in [0.15, 0.2) is 18.2 Å². The minimum Gasteiger partial charge on any atom is -0.331 e. The monoisotopic (exact) mass is 268 g/mol. The molecule has 3 rings (SSSR count). The fourth-order valence-corrected chi connectivity index (χ4v) is 2.86. The van der Waals surface area contributed by atoms with Crippen molar-refractivity contribution in [2.75, 3.05) is 0 Å². The SMILES string of the molecule is NC1CC(=O)N(C2CC2)C1c1ccc(F)c(Cl)c1. The number of amides is 1. The van der Waals surface area contributed by atoms with Crippen LogP contribution in [0.2, 0.25) is 5.02 Å². The molecule has 1 saturated carbocycles. The van der Waals surface area contributed by atoms with Crippen LogP contribution in [0, 0.1) is 5.82 Å². The largest absolute Gasteiger partial charge is 0.331 e. The number of carbonyl (C=O) groups excluding carboxylic acids is 1. The van der Waals surface area contributed by atoms with Crippen molar-refractivity contribution in [2.45, 2.75) is 37.4 Å². The van der Waals surface area contributed by atoms with Crippen molar-refractivity contribution < 1.29 is 9.18 Å². The molecule has 18 heavy (non-hydrogen) atoms. The van der Waals surface area contributed by atoms with Gasteiger partial charge in [0, 0.05) is 18.5 Å². The van der Waals surface area contributed by atoms with Crippen molar-refractivity contribution in [2.24, 2.45) is 5.73 Å². The van der Waals surface area contributed by atoms with E-state index in [1.54, 1.807) is 12.1 Å². The van der Waals surface area contributed by atoms with Gasteiger partial charge in [-0.2, -0.15) is 0 Å². The third-order valence-corrected chi connectivity index (χ3v) is 3.92. The number of carbonyl (C=O) groups is 1. The van der Waals surface area contributed by atoms with E-state index in [0.29, 0.717) is 12.5 Å². The lowest BCUT2D eigenvalue weighted by Crippen LogP contribution is -2.34. The Hall–Kier alpha value is -1.13. The van der Waals surface area contributed by atoms with E-state index in [1.165, 1.54) is 6.07 Å². The standard InChI is InChI=1S/C13H14ClFN2O/c14-9-5-7(1-4-10(9)15)13-11(16)6-12(18)17(13)8-2-3-8/h1,4-5,8,11,13H,2-3,6,16H2. The average Bonchev–Trinajstić information content (AvgIpc) is 3.09. The molecule has 1 saturated heterocycles. The Labute approximate surface area is 110 Å². The number of nitrogens with two attached hydrogens (primary N) is 1. The van der Waals surface area contributed by atoms with Crippen molar-refractivity contribution in [3.8, 4) is 0 Å². The number of hydrogen-bond donors (Lipinski definition) is 1. The highest BCUT2D eigenvalue weighted by Gasteiger charge is 2.45. The van der Waals surface area contributed by atoms with Crippen molar-refractivity contribution in [3.63, 3.8) is 0 Å². The highest BCUT2D eigenvalue weighted by molar-refractivity contribution is 6.30. The van der Waals surface area contributed by atoms with Crippen LogP contribution in [0.4, 0.5) is 4.39 Å². The molecule has 2 unspecified atom stereocenters. The molecule has 1 aliphatic carbocycles. The third-order valence-electron chi connectivity index (χ3n) is 3.63. The van der Waals surface area contributed by atoms with Crippen LogP contribution in [-0.2, 0) is 4.79 Å². The van der Waals surface area contributed by atoms with Crippen LogP contribution in [0.25, 0.3) is 0 Å². The third kappa shape index (κ3) is 1.89. The van der Waals surface area contributed by atoms with Gasteiger partial charge in [0.2, 0.25) is 5.91 Å². The Morgan fingerprint density at radius 3 is 2.72 bits per heavy atom. The Kier molecular flexibility index (Phi) is 2.79. The van der Waals surface area contributed by atoms with Gasteiger partial charge < -0.3 is 10.6 Å². The summed E-state index contributed by atoms with van der Waals surface area (Å²) in [5.74, 6) is -0.355. The second-order valence-corrected chi connectivity index (χ2v) is 5.43. The maximum atomic E-state index is 13.2. The van der Waals surface area contributed by atoms with Crippen LogP contribution < -0.4 is 5.73 Å². The molecular weight excluding hydrogens is 255 g/mol. The van der Waals surface area contributed by atoms with Crippen molar-refractivity contribution >= 4 is 17.5 Å². The van der Waals surface area contributed by atoms with E-state index in [4.69, 9.17) is 17.3 Å². The van der Waals surface area contributed by atoms with Crippen molar-refractivity contribution in [1.82, 2.24) is 4.90 Å². The number of likely N-dealkylation sites (tertiary alicyclic amines) is 1. The lowest BCUT2D eigenvalue weighted by atomic mass is 10.0. The summed E-state index contributed by atoms with van der Waals surface area (Å²) in [5.41, 5.74) is 6.87. The summed E-state index contributed by atoms with van der Waals surface area (Å²) in [4.78, 5) is 13.8. The van der Waals surface area contributed by atoms with Crippen LogP contribution in [-0.4, -0.2) is 22.9 Å².